The molecule has 0 aromatic heterocycles. The van der Waals surface area contributed by atoms with Gasteiger partial charge in [0.15, 0.2) is 0 Å². The van der Waals surface area contributed by atoms with Crippen molar-refractivity contribution in [3.63, 3.8) is 0 Å². The SMILES string of the molecule is C=C1[C@@]2(C)CCC[C@]1(COCOC)CN(Cc1ccccc1)C2. The normalized spacial score (nSPS) is 31.3. The maximum absolute atomic E-state index is 5.80. The van der Waals surface area contributed by atoms with Crippen molar-refractivity contribution >= 4 is 0 Å². The van der Waals surface area contributed by atoms with Crippen molar-refractivity contribution < 1.29 is 9.47 Å². The molecule has 1 aromatic rings. The van der Waals surface area contributed by atoms with Gasteiger partial charge in [-0.2, -0.15) is 0 Å². The van der Waals surface area contributed by atoms with Crippen LogP contribution in [0, 0.1) is 10.8 Å². The zero-order valence-electron chi connectivity index (χ0n) is 14.5. The molecule has 2 atom stereocenters. The van der Waals surface area contributed by atoms with E-state index in [2.05, 4.69) is 48.7 Å². The van der Waals surface area contributed by atoms with Crippen LogP contribution in [0.1, 0.15) is 31.7 Å². The first-order chi connectivity index (χ1) is 11.1. The molecule has 3 rings (SSSR count). The fourth-order valence-corrected chi connectivity index (χ4v) is 4.56. The Morgan fingerprint density at radius 3 is 2.70 bits per heavy atom. The highest BCUT2D eigenvalue weighted by molar-refractivity contribution is 5.27. The number of likely N-dealkylation sites (tertiary alicyclic amines) is 1. The fourth-order valence-electron chi connectivity index (χ4n) is 4.56. The fraction of sp³-hybridized carbons (Fsp3) is 0.600. The summed E-state index contributed by atoms with van der Waals surface area (Å²) in [5.41, 5.74) is 3.08. The minimum atomic E-state index is 0.0819. The van der Waals surface area contributed by atoms with E-state index in [1.165, 1.54) is 30.4 Å². The molecule has 23 heavy (non-hydrogen) atoms. The van der Waals surface area contributed by atoms with E-state index >= 15 is 0 Å². The Hall–Kier alpha value is -1.16. The first-order valence-electron chi connectivity index (χ1n) is 8.61. The summed E-state index contributed by atoms with van der Waals surface area (Å²) >= 11 is 0. The van der Waals surface area contributed by atoms with Crippen LogP contribution >= 0.6 is 0 Å². The molecule has 2 bridgehead atoms. The van der Waals surface area contributed by atoms with Gasteiger partial charge in [-0.25, -0.2) is 0 Å². The van der Waals surface area contributed by atoms with Gasteiger partial charge in [-0.05, 0) is 18.4 Å². The molecule has 2 fully saturated rings. The summed E-state index contributed by atoms with van der Waals surface area (Å²) in [6.07, 6.45) is 3.69. The molecule has 3 heteroatoms. The highest BCUT2D eigenvalue weighted by Gasteiger charge is 2.51. The van der Waals surface area contributed by atoms with Crippen molar-refractivity contribution in [1.82, 2.24) is 4.90 Å². The quantitative estimate of drug-likeness (QED) is 0.452. The molecule has 126 valence electrons. The summed E-state index contributed by atoms with van der Waals surface area (Å²) in [4.78, 5) is 2.60. The van der Waals surface area contributed by atoms with Crippen LogP contribution in [0.3, 0.4) is 0 Å². The predicted octanol–water partition coefficient (Wildman–Crippen LogP) is 3.86. The van der Waals surface area contributed by atoms with Gasteiger partial charge in [-0.3, -0.25) is 4.90 Å². The van der Waals surface area contributed by atoms with Gasteiger partial charge in [0.05, 0.1) is 6.61 Å². The molecule has 1 saturated heterocycles. The Morgan fingerprint density at radius 2 is 1.96 bits per heavy atom. The van der Waals surface area contributed by atoms with Gasteiger partial charge < -0.3 is 9.47 Å². The van der Waals surface area contributed by atoms with E-state index in [1.807, 2.05) is 0 Å². The Balaban J connectivity index is 1.78. The summed E-state index contributed by atoms with van der Waals surface area (Å²) in [7, 11) is 1.68. The molecule has 3 nitrogen and oxygen atoms in total. The molecule has 0 radical (unpaired) electrons. The zero-order chi connectivity index (χ0) is 16.3. The van der Waals surface area contributed by atoms with Crippen molar-refractivity contribution in [2.24, 2.45) is 10.8 Å². The highest BCUT2D eigenvalue weighted by Crippen LogP contribution is 2.54. The number of rotatable bonds is 6. The smallest absolute Gasteiger partial charge is 0.146 e. The minimum Gasteiger partial charge on any atom is -0.359 e. The number of hydrogen-bond acceptors (Lipinski definition) is 3. The van der Waals surface area contributed by atoms with Gasteiger partial charge in [0.1, 0.15) is 6.79 Å². The van der Waals surface area contributed by atoms with Crippen LogP contribution in [0.25, 0.3) is 0 Å². The molecule has 0 unspecified atom stereocenters. The standard InChI is InChI=1S/C20H29NO2/c1-17-19(2)10-7-11-20(17,15-23-16-22-3)14-21(13-19)12-18-8-5-4-6-9-18/h4-6,8-9H,1,7,10-16H2,2-3H3/t19-,20+/m0/s1. The van der Waals surface area contributed by atoms with Crippen LogP contribution in [-0.4, -0.2) is 38.5 Å². The third-order valence-corrected chi connectivity index (χ3v) is 5.68. The summed E-state index contributed by atoms with van der Waals surface area (Å²) < 4.78 is 10.9. The van der Waals surface area contributed by atoms with Crippen LogP contribution < -0.4 is 0 Å². The largest absolute Gasteiger partial charge is 0.359 e. The van der Waals surface area contributed by atoms with Crippen molar-refractivity contribution in [3.8, 4) is 0 Å². The summed E-state index contributed by atoms with van der Waals surface area (Å²) in [6, 6.07) is 10.8. The van der Waals surface area contributed by atoms with Gasteiger partial charge in [0, 0.05) is 37.6 Å². The molecule has 1 saturated carbocycles. The number of nitrogens with zero attached hydrogens (tertiary/aromatic N) is 1. The Morgan fingerprint density at radius 1 is 1.17 bits per heavy atom. The van der Waals surface area contributed by atoms with Crippen molar-refractivity contribution in [3.05, 3.63) is 48.0 Å². The van der Waals surface area contributed by atoms with Crippen LogP contribution in [0.15, 0.2) is 42.5 Å². The average Bonchev–Trinajstić information content (AvgIpc) is 2.52. The Bertz CT molecular complexity index is 544. The highest BCUT2D eigenvalue weighted by atomic mass is 16.7. The van der Waals surface area contributed by atoms with Gasteiger partial charge in [-0.15, -0.1) is 0 Å². The Kier molecular flexibility index (Phi) is 4.90. The third kappa shape index (κ3) is 3.37. The second-order valence-corrected chi connectivity index (χ2v) is 7.56. The average molecular weight is 315 g/mol. The number of fused-ring (bicyclic) bond motifs is 2. The van der Waals surface area contributed by atoms with E-state index in [-0.39, 0.29) is 10.8 Å². The summed E-state index contributed by atoms with van der Waals surface area (Å²) in [5, 5.41) is 0. The van der Waals surface area contributed by atoms with Crippen molar-refractivity contribution in [2.45, 2.75) is 32.7 Å². The molecule has 1 heterocycles. The minimum absolute atomic E-state index is 0.0819. The molecule has 0 amide bonds. The van der Waals surface area contributed by atoms with E-state index < -0.39 is 0 Å². The first-order valence-corrected chi connectivity index (χ1v) is 8.61. The number of hydrogen-bond donors (Lipinski definition) is 0. The lowest BCUT2D eigenvalue weighted by Crippen LogP contribution is -2.57. The topological polar surface area (TPSA) is 21.7 Å². The van der Waals surface area contributed by atoms with Crippen LogP contribution in [0.5, 0.6) is 0 Å². The Labute approximate surface area is 140 Å². The zero-order valence-corrected chi connectivity index (χ0v) is 14.5. The molecule has 1 aromatic carbocycles. The van der Waals surface area contributed by atoms with E-state index in [1.54, 1.807) is 7.11 Å². The van der Waals surface area contributed by atoms with E-state index in [0.29, 0.717) is 6.79 Å². The van der Waals surface area contributed by atoms with Crippen LogP contribution in [0.2, 0.25) is 0 Å². The number of piperidine rings is 1. The third-order valence-electron chi connectivity index (χ3n) is 5.68. The monoisotopic (exact) mass is 315 g/mol. The van der Waals surface area contributed by atoms with Crippen molar-refractivity contribution in [2.75, 3.05) is 33.6 Å². The maximum atomic E-state index is 5.80. The van der Waals surface area contributed by atoms with Crippen LogP contribution in [0.4, 0.5) is 0 Å². The molecular weight excluding hydrogens is 286 g/mol. The number of benzene rings is 1. The van der Waals surface area contributed by atoms with Gasteiger partial charge in [0.25, 0.3) is 0 Å². The molecular formula is C20H29NO2. The summed E-state index contributed by atoms with van der Waals surface area (Å²) in [5.74, 6) is 0. The van der Waals surface area contributed by atoms with Crippen molar-refractivity contribution in [1.29, 1.82) is 0 Å². The van der Waals surface area contributed by atoms with Gasteiger partial charge >= 0.3 is 0 Å². The maximum Gasteiger partial charge on any atom is 0.146 e. The second-order valence-electron chi connectivity index (χ2n) is 7.56. The molecule has 0 N–H and O–H groups in total. The van der Waals surface area contributed by atoms with E-state index in [9.17, 15) is 0 Å². The molecule has 1 aliphatic heterocycles. The number of methoxy groups -OCH3 is 1. The number of ether oxygens (including phenoxy) is 2. The van der Waals surface area contributed by atoms with Crippen LogP contribution in [-0.2, 0) is 16.0 Å². The lowest BCUT2D eigenvalue weighted by atomic mass is 9.57. The molecule has 1 aliphatic carbocycles. The van der Waals surface area contributed by atoms with Gasteiger partial charge in [0.2, 0.25) is 0 Å². The van der Waals surface area contributed by atoms with E-state index in [0.717, 1.165) is 26.2 Å². The van der Waals surface area contributed by atoms with E-state index in [4.69, 9.17) is 9.47 Å². The molecule has 2 aliphatic rings. The first kappa shape index (κ1) is 16.7. The lowest BCUT2D eigenvalue weighted by Gasteiger charge is -2.56. The van der Waals surface area contributed by atoms with Gasteiger partial charge in [-0.1, -0.05) is 55.8 Å². The molecule has 0 spiro atoms. The predicted molar refractivity (Wildman–Crippen MR) is 93.1 cm³/mol. The second kappa shape index (κ2) is 6.76. The lowest BCUT2D eigenvalue weighted by molar-refractivity contribution is -0.0896. The summed E-state index contributed by atoms with van der Waals surface area (Å²) in [6.45, 7) is 11.1.